The van der Waals surface area contributed by atoms with Gasteiger partial charge in [0.1, 0.15) is 5.75 Å². The Morgan fingerprint density at radius 3 is 2.58 bits per heavy atom. The van der Waals surface area contributed by atoms with Crippen LogP contribution in [0, 0.1) is 0 Å². The summed E-state index contributed by atoms with van der Waals surface area (Å²) < 4.78 is 34.3. The van der Waals surface area contributed by atoms with Gasteiger partial charge in [-0.2, -0.15) is 0 Å². The molecule has 3 unspecified atom stereocenters. The number of sulfonamides is 1. The van der Waals surface area contributed by atoms with E-state index in [1.165, 1.54) is 4.31 Å². The highest BCUT2D eigenvalue weighted by Gasteiger charge is 2.45. The SMILES string of the molecule is O=S1(=O)C(CN2CC3CC2CN3)Oc2ccccc2N1c1ccccc1. The molecule has 0 spiro atoms. The van der Waals surface area contributed by atoms with E-state index in [0.29, 0.717) is 35.8 Å². The van der Waals surface area contributed by atoms with Crippen molar-refractivity contribution in [3.05, 3.63) is 54.6 Å². The molecule has 0 amide bonds. The molecule has 2 fully saturated rings. The van der Waals surface area contributed by atoms with Crippen LogP contribution in [0.4, 0.5) is 11.4 Å². The first-order valence-corrected chi connectivity index (χ1v) is 10.5. The molecule has 3 aliphatic rings. The second-order valence-electron chi connectivity index (χ2n) is 7.11. The van der Waals surface area contributed by atoms with Crippen LogP contribution < -0.4 is 14.4 Å². The molecule has 0 radical (unpaired) electrons. The molecule has 7 heteroatoms. The van der Waals surface area contributed by atoms with Gasteiger partial charge in [-0.1, -0.05) is 30.3 Å². The third-order valence-corrected chi connectivity index (χ3v) is 7.30. The molecule has 0 aromatic heterocycles. The first-order valence-electron chi connectivity index (χ1n) is 8.95. The standard InChI is InChI=1S/C19H21N3O3S/c23-26(24)19(13-21-12-14-10-16(21)11-20-14)25-18-9-5-4-8-17(18)22(26)15-6-2-1-3-7-15/h1-9,14,16,19-20H,10-13H2. The van der Waals surface area contributed by atoms with E-state index >= 15 is 0 Å². The quantitative estimate of drug-likeness (QED) is 0.893. The Hall–Kier alpha value is -2.09. The van der Waals surface area contributed by atoms with Crippen LogP contribution in [-0.4, -0.2) is 50.5 Å². The summed E-state index contributed by atoms with van der Waals surface area (Å²) in [6.07, 6.45) is 1.09. The van der Waals surface area contributed by atoms with Crippen LogP contribution in [0.5, 0.6) is 5.75 Å². The van der Waals surface area contributed by atoms with Crippen molar-refractivity contribution in [2.75, 3.05) is 23.9 Å². The van der Waals surface area contributed by atoms with Crippen LogP contribution in [0.3, 0.4) is 0 Å². The van der Waals surface area contributed by atoms with Crippen LogP contribution in [-0.2, 0) is 10.0 Å². The molecule has 0 saturated carbocycles. The fraction of sp³-hybridized carbons (Fsp3) is 0.368. The van der Waals surface area contributed by atoms with Crippen molar-refractivity contribution in [3.63, 3.8) is 0 Å². The van der Waals surface area contributed by atoms with Crippen LogP contribution >= 0.6 is 0 Å². The predicted molar refractivity (Wildman–Crippen MR) is 100 cm³/mol. The van der Waals surface area contributed by atoms with Gasteiger partial charge >= 0.3 is 0 Å². The van der Waals surface area contributed by atoms with Crippen molar-refractivity contribution in [1.82, 2.24) is 10.2 Å². The zero-order valence-electron chi connectivity index (χ0n) is 14.3. The van der Waals surface area contributed by atoms with Gasteiger partial charge in [-0.15, -0.1) is 0 Å². The molecular weight excluding hydrogens is 350 g/mol. The maximum absolute atomic E-state index is 13.4. The fourth-order valence-corrected chi connectivity index (χ4v) is 5.91. The highest BCUT2D eigenvalue weighted by Crippen LogP contribution is 2.42. The van der Waals surface area contributed by atoms with Gasteiger partial charge < -0.3 is 10.1 Å². The summed E-state index contributed by atoms with van der Waals surface area (Å²) >= 11 is 0. The number of hydrogen-bond donors (Lipinski definition) is 1. The first kappa shape index (κ1) is 16.1. The fourth-order valence-electron chi connectivity index (χ4n) is 4.22. The zero-order valence-corrected chi connectivity index (χ0v) is 15.1. The number of likely N-dealkylation sites (tertiary alicyclic amines) is 1. The molecule has 2 saturated heterocycles. The Morgan fingerprint density at radius 2 is 1.85 bits per heavy atom. The molecule has 5 rings (SSSR count). The number of piperazine rings is 1. The molecule has 26 heavy (non-hydrogen) atoms. The Kier molecular flexibility index (Phi) is 3.70. The average molecular weight is 371 g/mol. The van der Waals surface area contributed by atoms with Crippen molar-refractivity contribution >= 4 is 21.4 Å². The molecule has 2 bridgehead atoms. The normalized spacial score (nSPS) is 29.4. The lowest BCUT2D eigenvalue weighted by atomic mass is 10.2. The van der Waals surface area contributed by atoms with Gasteiger partial charge in [0.2, 0.25) is 5.44 Å². The summed E-state index contributed by atoms with van der Waals surface area (Å²) in [5, 5.41) is 3.45. The number of benzene rings is 2. The lowest BCUT2D eigenvalue weighted by molar-refractivity contribution is 0.156. The molecule has 2 aromatic carbocycles. The minimum atomic E-state index is -3.69. The van der Waals surface area contributed by atoms with Gasteiger partial charge in [0.05, 0.1) is 17.9 Å². The Morgan fingerprint density at radius 1 is 1.08 bits per heavy atom. The highest BCUT2D eigenvalue weighted by atomic mass is 32.2. The van der Waals surface area contributed by atoms with E-state index in [1.54, 1.807) is 6.07 Å². The Labute approximate surface area is 153 Å². The van der Waals surface area contributed by atoms with Gasteiger partial charge in [-0.05, 0) is 30.7 Å². The molecular formula is C19H21N3O3S. The molecule has 136 valence electrons. The minimum absolute atomic E-state index is 0.392. The summed E-state index contributed by atoms with van der Waals surface area (Å²) in [4.78, 5) is 2.25. The monoisotopic (exact) mass is 371 g/mol. The Bertz CT molecular complexity index is 919. The molecule has 2 aromatic rings. The number of nitrogens with zero attached hydrogens (tertiary/aromatic N) is 2. The van der Waals surface area contributed by atoms with Crippen LogP contribution in [0.15, 0.2) is 54.6 Å². The third-order valence-electron chi connectivity index (χ3n) is 5.47. The zero-order chi connectivity index (χ0) is 17.7. The maximum atomic E-state index is 13.4. The number of rotatable bonds is 3. The van der Waals surface area contributed by atoms with E-state index in [9.17, 15) is 8.42 Å². The first-order chi connectivity index (χ1) is 12.6. The lowest BCUT2D eigenvalue weighted by Crippen LogP contribution is -2.52. The van der Waals surface area contributed by atoms with Crippen molar-refractivity contribution < 1.29 is 13.2 Å². The van der Waals surface area contributed by atoms with Gasteiger partial charge in [-0.25, -0.2) is 12.7 Å². The van der Waals surface area contributed by atoms with Crippen molar-refractivity contribution in [3.8, 4) is 5.75 Å². The van der Waals surface area contributed by atoms with E-state index in [0.717, 1.165) is 19.5 Å². The molecule has 3 heterocycles. The molecule has 0 aliphatic carbocycles. The van der Waals surface area contributed by atoms with Gasteiger partial charge in [-0.3, -0.25) is 4.90 Å². The summed E-state index contributed by atoms with van der Waals surface area (Å²) in [5.74, 6) is 0.610. The molecule has 3 atom stereocenters. The molecule has 3 aliphatic heterocycles. The third kappa shape index (κ3) is 2.50. The number of ether oxygens (including phenoxy) is 1. The predicted octanol–water partition coefficient (Wildman–Crippen LogP) is 1.92. The average Bonchev–Trinajstić information content (AvgIpc) is 3.26. The maximum Gasteiger partial charge on any atom is 0.279 e. The van der Waals surface area contributed by atoms with Gasteiger partial charge in [0.25, 0.3) is 10.0 Å². The van der Waals surface area contributed by atoms with Crippen molar-refractivity contribution in [1.29, 1.82) is 0 Å². The smallest absolute Gasteiger partial charge is 0.279 e. The van der Waals surface area contributed by atoms with E-state index in [4.69, 9.17) is 4.74 Å². The summed E-state index contributed by atoms with van der Waals surface area (Å²) in [5.41, 5.74) is 0.300. The number of para-hydroxylation sites is 3. The van der Waals surface area contributed by atoms with Gasteiger partial charge in [0, 0.05) is 25.2 Å². The largest absolute Gasteiger partial charge is 0.469 e. The van der Waals surface area contributed by atoms with Gasteiger partial charge in [0.15, 0.2) is 0 Å². The van der Waals surface area contributed by atoms with E-state index in [-0.39, 0.29) is 0 Å². The van der Waals surface area contributed by atoms with E-state index < -0.39 is 15.5 Å². The van der Waals surface area contributed by atoms with E-state index in [1.807, 2.05) is 48.5 Å². The summed E-state index contributed by atoms with van der Waals surface area (Å²) in [6.45, 7) is 2.20. The summed E-state index contributed by atoms with van der Waals surface area (Å²) in [7, 11) is -3.69. The van der Waals surface area contributed by atoms with Crippen molar-refractivity contribution in [2.45, 2.75) is 23.9 Å². The Balaban J connectivity index is 1.54. The molecule has 1 N–H and O–H groups in total. The van der Waals surface area contributed by atoms with E-state index in [2.05, 4.69) is 10.2 Å². The van der Waals surface area contributed by atoms with Crippen LogP contribution in [0.1, 0.15) is 6.42 Å². The second-order valence-corrected chi connectivity index (χ2v) is 9.03. The topological polar surface area (TPSA) is 61.9 Å². The van der Waals surface area contributed by atoms with Crippen LogP contribution in [0.25, 0.3) is 0 Å². The number of hydrogen-bond acceptors (Lipinski definition) is 5. The van der Waals surface area contributed by atoms with Crippen LogP contribution in [0.2, 0.25) is 0 Å². The molecule has 6 nitrogen and oxygen atoms in total. The number of fused-ring (bicyclic) bond motifs is 3. The number of nitrogens with one attached hydrogen (secondary N) is 1. The highest BCUT2D eigenvalue weighted by molar-refractivity contribution is 7.93. The minimum Gasteiger partial charge on any atom is -0.469 e. The second kappa shape index (κ2) is 5.97. The summed E-state index contributed by atoms with van der Waals surface area (Å²) in [6, 6.07) is 17.4. The lowest BCUT2D eigenvalue weighted by Gasteiger charge is -2.38. The number of anilines is 2. The van der Waals surface area contributed by atoms with Crippen molar-refractivity contribution in [2.24, 2.45) is 0 Å².